The quantitative estimate of drug-likeness (QED) is 0.611. The van der Waals surface area contributed by atoms with E-state index in [2.05, 4.69) is 16.6 Å². The van der Waals surface area contributed by atoms with Gasteiger partial charge in [0.1, 0.15) is 11.9 Å². The third-order valence-electron chi connectivity index (χ3n) is 2.11. The Kier molecular flexibility index (Phi) is 4.66. The number of hydrogen-bond acceptors (Lipinski definition) is 3. The van der Waals surface area contributed by atoms with Crippen LogP contribution in [0.1, 0.15) is 11.6 Å². The summed E-state index contributed by atoms with van der Waals surface area (Å²) in [5.74, 6) is -0.746. The van der Waals surface area contributed by atoms with E-state index >= 15 is 0 Å². The molecule has 0 aromatic heterocycles. The van der Waals surface area contributed by atoms with E-state index in [-0.39, 0.29) is 5.82 Å². The van der Waals surface area contributed by atoms with Gasteiger partial charge in [-0.15, -0.1) is 6.58 Å². The van der Waals surface area contributed by atoms with Gasteiger partial charge in [0.15, 0.2) is 0 Å². The van der Waals surface area contributed by atoms with E-state index in [1.165, 1.54) is 19.2 Å². The largest absolute Gasteiger partial charge is 0.468 e. The molecule has 1 aromatic carbocycles. The first-order valence-electron chi connectivity index (χ1n) is 4.86. The smallest absolute Gasteiger partial charge is 0.327 e. The molecule has 1 atom stereocenters. The zero-order valence-electron chi connectivity index (χ0n) is 9.07. The van der Waals surface area contributed by atoms with Crippen LogP contribution in [0.3, 0.4) is 0 Å². The second-order valence-electron chi connectivity index (χ2n) is 3.20. The summed E-state index contributed by atoms with van der Waals surface area (Å²) in [7, 11) is 1.31. The molecule has 1 N–H and O–H groups in total. The third-order valence-corrected chi connectivity index (χ3v) is 2.11. The number of methoxy groups -OCH3 is 1. The number of hydrogen-bond donors (Lipinski definition) is 1. The molecule has 16 heavy (non-hydrogen) atoms. The van der Waals surface area contributed by atoms with Crippen LogP contribution in [0.15, 0.2) is 36.9 Å². The summed E-state index contributed by atoms with van der Waals surface area (Å²) in [6.07, 6.45) is 1.64. The standard InChI is InChI=1S/C12H14FNO2/c1-3-8-14-11(12(15)16-2)9-4-6-10(13)7-5-9/h3-7,11,14H,1,8H2,2H3. The molecular formula is C12H14FNO2. The number of ether oxygens (including phenoxy) is 1. The maximum absolute atomic E-state index is 12.7. The molecule has 1 aromatic rings. The summed E-state index contributed by atoms with van der Waals surface area (Å²) in [5.41, 5.74) is 0.662. The van der Waals surface area contributed by atoms with Gasteiger partial charge in [0.05, 0.1) is 7.11 Å². The van der Waals surface area contributed by atoms with E-state index < -0.39 is 12.0 Å². The first kappa shape index (κ1) is 12.4. The van der Waals surface area contributed by atoms with Crippen molar-refractivity contribution in [1.82, 2.24) is 5.32 Å². The highest BCUT2D eigenvalue weighted by atomic mass is 19.1. The van der Waals surface area contributed by atoms with Crippen LogP contribution in [-0.2, 0) is 9.53 Å². The summed E-state index contributed by atoms with van der Waals surface area (Å²) >= 11 is 0. The Balaban J connectivity index is 2.86. The van der Waals surface area contributed by atoms with Crippen molar-refractivity contribution < 1.29 is 13.9 Å². The minimum Gasteiger partial charge on any atom is -0.468 e. The molecule has 0 saturated carbocycles. The maximum atomic E-state index is 12.7. The Hall–Kier alpha value is -1.68. The Bertz CT molecular complexity index is 362. The van der Waals surface area contributed by atoms with E-state index in [1.54, 1.807) is 18.2 Å². The van der Waals surface area contributed by atoms with Crippen molar-refractivity contribution in [2.75, 3.05) is 13.7 Å². The minimum atomic E-state index is -0.594. The Labute approximate surface area is 93.9 Å². The van der Waals surface area contributed by atoms with Gasteiger partial charge in [-0.2, -0.15) is 0 Å². The molecule has 4 heteroatoms. The lowest BCUT2D eigenvalue weighted by molar-refractivity contribution is -0.143. The van der Waals surface area contributed by atoms with Crippen LogP contribution in [0.5, 0.6) is 0 Å². The lowest BCUT2D eigenvalue weighted by Gasteiger charge is -2.15. The lowest BCUT2D eigenvalue weighted by atomic mass is 10.1. The zero-order chi connectivity index (χ0) is 12.0. The molecule has 0 amide bonds. The molecule has 0 heterocycles. The highest BCUT2D eigenvalue weighted by molar-refractivity contribution is 5.77. The van der Waals surface area contributed by atoms with Crippen LogP contribution in [0.2, 0.25) is 0 Å². The fourth-order valence-electron chi connectivity index (χ4n) is 1.31. The molecule has 1 rings (SSSR count). The highest BCUT2D eigenvalue weighted by Crippen LogP contribution is 2.14. The number of rotatable bonds is 5. The fourth-order valence-corrected chi connectivity index (χ4v) is 1.31. The summed E-state index contributed by atoms with van der Waals surface area (Å²) in [4.78, 5) is 11.5. The molecule has 0 radical (unpaired) electrons. The number of esters is 1. The van der Waals surface area contributed by atoms with Crippen LogP contribution in [0.4, 0.5) is 4.39 Å². The van der Waals surface area contributed by atoms with Crippen LogP contribution >= 0.6 is 0 Å². The van der Waals surface area contributed by atoms with Gasteiger partial charge in [-0.25, -0.2) is 9.18 Å². The molecule has 1 unspecified atom stereocenters. The van der Waals surface area contributed by atoms with Gasteiger partial charge < -0.3 is 4.74 Å². The molecule has 0 saturated heterocycles. The van der Waals surface area contributed by atoms with Gasteiger partial charge in [0.25, 0.3) is 0 Å². The zero-order valence-corrected chi connectivity index (χ0v) is 9.07. The minimum absolute atomic E-state index is 0.337. The SMILES string of the molecule is C=CCNC(C(=O)OC)c1ccc(F)cc1. The van der Waals surface area contributed by atoms with Gasteiger partial charge in [-0.3, -0.25) is 5.32 Å². The maximum Gasteiger partial charge on any atom is 0.327 e. The normalized spacial score (nSPS) is 11.9. The van der Waals surface area contributed by atoms with Crippen molar-refractivity contribution in [2.45, 2.75) is 6.04 Å². The molecule has 0 spiro atoms. The van der Waals surface area contributed by atoms with Gasteiger partial charge in [-0.05, 0) is 17.7 Å². The lowest BCUT2D eigenvalue weighted by Crippen LogP contribution is -2.29. The molecular weight excluding hydrogens is 209 g/mol. The fraction of sp³-hybridized carbons (Fsp3) is 0.250. The van der Waals surface area contributed by atoms with Crippen LogP contribution < -0.4 is 5.32 Å². The topological polar surface area (TPSA) is 38.3 Å². The van der Waals surface area contributed by atoms with Crippen molar-refractivity contribution >= 4 is 5.97 Å². The first-order valence-corrected chi connectivity index (χ1v) is 4.86. The molecule has 0 aliphatic rings. The van der Waals surface area contributed by atoms with Crippen molar-refractivity contribution in [3.63, 3.8) is 0 Å². The van der Waals surface area contributed by atoms with Crippen molar-refractivity contribution in [1.29, 1.82) is 0 Å². The predicted molar refractivity (Wildman–Crippen MR) is 59.4 cm³/mol. The molecule has 0 aliphatic heterocycles. The summed E-state index contributed by atoms with van der Waals surface area (Å²) in [6, 6.07) is 5.12. The van der Waals surface area contributed by atoms with Crippen LogP contribution in [0, 0.1) is 5.82 Å². The van der Waals surface area contributed by atoms with Crippen LogP contribution in [0.25, 0.3) is 0 Å². The predicted octanol–water partition coefficient (Wildman–Crippen LogP) is 1.82. The number of benzene rings is 1. The second-order valence-corrected chi connectivity index (χ2v) is 3.20. The monoisotopic (exact) mass is 223 g/mol. The number of halogens is 1. The third kappa shape index (κ3) is 3.17. The van der Waals surface area contributed by atoms with Crippen LogP contribution in [-0.4, -0.2) is 19.6 Å². The first-order chi connectivity index (χ1) is 7.69. The van der Waals surface area contributed by atoms with Gasteiger partial charge in [0.2, 0.25) is 0 Å². The van der Waals surface area contributed by atoms with E-state index in [4.69, 9.17) is 0 Å². The summed E-state index contributed by atoms with van der Waals surface area (Å²) in [6.45, 7) is 4.02. The van der Waals surface area contributed by atoms with Gasteiger partial charge in [-0.1, -0.05) is 18.2 Å². The molecule has 3 nitrogen and oxygen atoms in total. The average molecular weight is 223 g/mol. The van der Waals surface area contributed by atoms with E-state index in [0.29, 0.717) is 12.1 Å². The number of nitrogens with one attached hydrogen (secondary N) is 1. The Morgan fingerprint density at radius 3 is 2.69 bits per heavy atom. The average Bonchev–Trinajstić information content (AvgIpc) is 2.31. The van der Waals surface area contributed by atoms with Crippen molar-refractivity contribution in [3.05, 3.63) is 48.3 Å². The number of carbonyl (C=O) groups is 1. The molecule has 0 fully saturated rings. The Morgan fingerprint density at radius 2 is 2.19 bits per heavy atom. The van der Waals surface area contributed by atoms with E-state index in [1.807, 2.05) is 0 Å². The van der Waals surface area contributed by atoms with E-state index in [0.717, 1.165) is 0 Å². The van der Waals surface area contributed by atoms with Gasteiger partial charge >= 0.3 is 5.97 Å². The Morgan fingerprint density at radius 1 is 1.56 bits per heavy atom. The summed E-state index contributed by atoms with van der Waals surface area (Å²) in [5, 5.41) is 2.94. The van der Waals surface area contributed by atoms with Crippen molar-refractivity contribution in [3.8, 4) is 0 Å². The van der Waals surface area contributed by atoms with Crippen molar-refractivity contribution in [2.24, 2.45) is 0 Å². The van der Waals surface area contributed by atoms with E-state index in [9.17, 15) is 9.18 Å². The molecule has 0 aliphatic carbocycles. The summed E-state index contributed by atoms with van der Waals surface area (Å²) < 4.78 is 17.4. The van der Waals surface area contributed by atoms with Gasteiger partial charge in [0, 0.05) is 6.54 Å². The second kappa shape index (κ2) is 6.02. The number of carbonyl (C=O) groups excluding carboxylic acids is 1. The molecule has 0 bridgehead atoms. The molecule has 86 valence electrons. The highest BCUT2D eigenvalue weighted by Gasteiger charge is 2.19.